The third kappa shape index (κ3) is 7.17. The Labute approximate surface area is 264 Å². The van der Waals surface area contributed by atoms with Crippen molar-refractivity contribution in [1.82, 2.24) is 34.8 Å². The number of pyridine rings is 1. The summed E-state index contributed by atoms with van der Waals surface area (Å²) in [6, 6.07) is 6.43. The average Bonchev–Trinajstić information content (AvgIpc) is 3.59. The molecule has 0 unspecified atom stereocenters. The van der Waals surface area contributed by atoms with Gasteiger partial charge >= 0.3 is 18.4 Å². The van der Waals surface area contributed by atoms with Gasteiger partial charge in [0.2, 0.25) is 0 Å². The number of nitrogens with zero attached hydrogens (tertiary/aromatic N) is 6. The highest BCUT2D eigenvalue weighted by atomic mass is 35.5. The first-order chi connectivity index (χ1) is 21.4. The first-order valence-electron chi connectivity index (χ1n) is 12.6. The van der Waals surface area contributed by atoms with Crippen molar-refractivity contribution in [3.8, 4) is 5.82 Å². The lowest BCUT2D eigenvalue weighted by Gasteiger charge is -2.19. The van der Waals surface area contributed by atoms with Crippen LogP contribution in [0.5, 0.6) is 0 Å². The molecule has 0 saturated carbocycles. The van der Waals surface area contributed by atoms with Gasteiger partial charge in [-0.2, -0.15) is 31.4 Å². The monoisotopic (exact) mass is 692 g/mol. The second-order valence-electron chi connectivity index (χ2n) is 9.38. The van der Waals surface area contributed by atoms with Crippen molar-refractivity contribution in [2.24, 2.45) is 0 Å². The van der Waals surface area contributed by atoms with Crippen molar-refractivity contribution in [2.45, 2.75) is 25.8 Å². The fourth-order valence-electron chi connectivity index (χ4n) is 4.21. The molecule has 3 amide bonds. The number of halogens is 8. The zero-order valence-corrected chi connectivity index (χ0v) is 25.1. The molecule has 20 heteroatoms. The molecule has 3 aromatic heterocycles. The molecular weight excluding hydrogens is 673 g/mol. The Morgan fingerprint density at radius 3 is 2.33 bits per heavy atom. The Balaban J connectivity index is 1.79. The van der Waals surface area contributed by atoms with Gasteiger partial charge in [-0.05, 0) is 42.8 Å². The number of carbonyl (C=O) groups excluding carboxylic acids is 3. The minimum absolute atomic E-state index is 0.0437. The molecule has 4 aromatic rings. The number of anilines is 1. The third-order valence-corrected chi connectivity index (χ3v) is 6.65. The van der Waals surface area contributed by atoms with Crippen LogP contribution in [0.2, 0.25) is 10.0 Å². The van der Waals surface area contributed by atoms with E-state index >= 15 is 0 Å². The number of hydrazine groups is 1. The number of hydrogen-bond donors (Lipinski definition) is 2. The van der Waals surface area contributed by atoms with E-state index in [9.17, 15) is 40.7 Å². The summed E-state index contributed by atoms with van der Waals surface area (Å²) in [6.07, 6.45) is -10.1. The van der Waals surface area contributed by atoms with E-state index in [1.165, 1.54) is 44.4 Å². The van der Waals surface area contributed by atoms with Crippen LogP contribution in [0.3, 0.4) is 0 Å². The fraction of sp³-hybridized carbons (Fsp3) is 0.231. The maximum atomic E-state index is 13.7. The summed E-state index contributed by atoms with van der Waals surface area (Å²) < 4.78 is 86.7. The summed E-state index contributed by atoms with van der Waals surface area (Å²) in [7, 11) is 2.27. The SMILES string of the molecule is COC(=O)N(C)NC(=O)c1cc(Cl)cc(C)c1NC(=O)c1cc(Cn2cnc(C(F)(F)F)c2C(F)(F)F)nn1-c1ncccc1Cl. The van der Waals surface area contributed by atoms with Gasteiger partial charge in [-0.1, -0.05) is 23.2 Å². The molecule has 2 N–H and O–H groups in total. The van der Waals surface area contributed by atoms with Crippen LogP contribution in [0.1, 0.15) is 43.5 Å². The van der Waals surface area contributed by atoms with Crippen LogP contribution >= 0.6 is 23.2 Å². The van der Waals surface area contributed by atoms with Crippen LogP contribution in [0.4, 0.5) is 36.8 Å². The molecule has 3 heterocycles. The molecule has 0 saturated heterocycles. The zero-order chi connectivity index (χ0) is 34.1. The molecule has 0 bridgehead atoms. The minimum atomic E-state index is -5.45. The molecule has 0 radical (unpaired) electrons. The molecular formula is C26H20Cl2F6N8O4. The number of alkyl halides is 6. The Bertz CT molecular complexity index is 1820. The first kappa shape index (κ1) is 34.0. The van der Waals surface area contributed by atoms with Gasteiger partial charge in [0.1, 0.15) is 5.69 Å². The number of imidazole rings is 1. The van der Waals surface area contributed by atoms with Crippen molar-refractivity contribution < 1.29 is 45.5 Å². The number of amides is 3. The number of hydrogen-bond acceptors (Lipinski definition) is 7. The number of methoxy groups -OCH3 is 1. The Morgan fingerprint density at radius 1 is 1.02 bits per heavy atom. The van der Waals surface area contributed by atoms with Crippen LogP contribution in [0.15, 0.2) is 42.9 Å². The van der Waals surface area contributed by atoms with E-state index < -0.39 is 48.2 Å². The summed E-state index contributed by atoms with van der Waals surface area (Å²) in [5, 5.41) is 7.40. The van der Waals surface area contributed by atoms with Crippen LogP contribution in [0.25, 0.3) is 5.82 Å². The van der Waals surface area contributed by atoms with Gasteiger partial charge in [0, 0.05) is 18.3 Å². The average molecular weight is 693 g/mol. The number of benzene rings is 1. The van der Waals surface area contributed by atoms with E-state index in [2.05, 4.69) is 30.5 Å². The largest absolute Gasteiger partial charge is 0.452 e. The summed E-state index contributed by atoms with van der Waals surface area (Å²) in [5.41, 5.74) is -2.68. The highest BCUT2D eigenvalue weighted by molar-refractivity contribution is 6.32. The van der Waals surface area contributed by atoms with Gasteiger partial charge in [0.05, 0.1) is 41.9 Å². The molecule has 46 heavy (non-hydrogen) atoms. The van der Waals surface area contributed by atoms with Crippen LogP contribution in [0, 0.1) is 6.92 Å². The highest BCUT2D eigenvalue weighted by Gasteiger charge is 2.47. The molecule has 0 aliphatic rings. The quantitative estimate of drug-likeness (QED) is 0.194. The molecule has 1 aromatic carbocycles. The van der Waals surface area contributed by atoms with Gasteiger partial charge in [-0.15, -0.1) is 0 Å². The van der Waals surface area contributed by atoms with Gasteiger partial charge < -0.3 is 14.6 Å². The zero-order valence-electron chi connectivity index (χ0n) is 23.6. The summed E-state index contributed by atoms with van der Waals surface area (Å²) in [6.45, 7) is 0.597. The number of nitrogens with one attached hydrogen (secondary N) is 2. The van der Waals surface area contributed by atoms with Gasteiger partial charge in [-0.3, -0.25) is 15.0 Å². The van der Waals surface area contributed by atoms with Crippen LogP contribution in [-0.4, -0.2) is 61.4 Å². The second-order valence-corrected chi connectivity index (χ2v) is 10.2. The number of rotatable bonds is 6. The first-order valence-corrected chi connectivity index (χ1v) is 13.3. The van der Waals surface area contributed by atoms with Gasteiger partial charge in [0.15, 0.2) is 17.2 Å². The van der Waals surface area contributed by atoms with E-state index in [1.807, 2.05) is 0 Å². The predicted molar refractivity (Wildman–Crippen MR) is 149 cm³/mol. The fourth-order valence-corrected chi connectivity index (χ4v) is 4.68. The number of aryl methyl sites for hydroxylation is 1. The van der Waals surface area contributed by atoms with E-state index in [4.69, 9.17) is 23.2 Å². The molecule has 4 rings (SSSR count). The maximum absolute atomic E-state index is 13.7. The third-order valence-electron chi connectivity index (χ3n) is 6.14. The second kappa shape index (κ2) is 12.9. The molecule has 0 aliphatic heterocycles. The number of carbonyl (C=O) groups is 3. The lowest BCUT2D eigenvalue weighted by atomic mass is 10.1. The predicted octanol–water partition coefficient (Wildman–Crippen LogP) is 5.76. The molecule has 12 nitrogen and oxygen atoms in total. The molecule has 0 spiro atoms. The van der Waals surface area contributed by atoms with E-state index in [-0.39, 0.29) is 48.6 Å². The normalized spacial score (nSPS) is 11.7. The van der Waals surface area contributed by atoms with Crippen molar-refractivity contribution in [3.05, 3.63) is 86.8 Å². The van der Waals surface area contributed by atoms with Gasteiger partial charge in [-0.25, -0.2) is 24.5 Å². The minimum Gasteiger partial charge on any atom is -0.452 e. The summed E-state index contributed by atoms with van der Waals surface area (Å²) in [5.74, 6) is -2.03. The Morgan fingerprint density at radius 2 is 1.72 bits per heavy atom. The van der Waals surface area contributed by atoms with Crippen LogP contribution < -0.4 is 10.7 Å². The van der Waals surface area contributed by atoms with Crippen LogP contribution in [-0.2, 0) is 23.6 Å². The van der Waals surface area contributed by atoms with E-state index in [1.54, 1.807) is 0 Å². The van der Waals surface area contributed by atoms with E-state index in [0.29, 0.717) is 6.33 Å². The summed E-state index contributed by atoms with van der Waals surface area (Å²) in [4.78, 5) is 45.5. The summed E-state index contributed by atoms with van der Waals surface area (Å²) >= 11 is 12.4. The standard InChI is InChI=1S/C26H20Cl2F6N8O4/c1-12-7-13(27)8-15(22(43)39-40(2)24(45)46-3)18(12)37-23(44)17-9-14(38-42(17)21-16(28)5-4-6-35-21)10-41-11-36-19(25(29,30)31)20(41)26(32,33)34/h4-9,11H,10H2,1-3H3,(H,37,44)(H,39,43). The van der Waals surface area contributed by atoms with Crippen molar-refractivity contribution in [2.75, 3.05) is 19.5 Å². The lowest BCUT2D eigenvalue weighted by molar-refractivity contribution is -0.167. The maximum Gasteiger partial charge on any atom is 0.435 e. The molecule has 0 fully saturated rings. The molecule has 0 aliphatic carbocycles. The lowest BCUT2D eigenvalue weighted by Crippen LogP contribution is -2.43. The number of ether oxygens (including phenoxy) is 1. The Kier molecular flexibility index (Phi) is 9.53. The molecule has 244 valence electrons. The highest BCUT2D eigenvalue weighted by Crippen LogP contribution is 2.39. The Hall–Kier alpha value is -4.84. The molecule has 0 atom stereocenters. The van der Waals surface area contributed by atoms with Crippen molar-refractivity contribution in [1.29, 1.82) is 0 Å². The van der Waals surface area contributed by atoms with Crippen molar-refractivity contribution >= 4 is 46.8 Å². The van der Waals surface area contributed by atoms with E-state index in [0.717, 1.165) is 22.9 Å². The van der Waals surface area contributed by atoms with Gasteiger partial charge in [0.25, 0.3) is 11.8 Å². The van der Waals surface area contributed by atoms with Crippen molar-refractivity contribution in [3.63, 3.8) is 0 Å². The smallest absolute Gasteiger partial charge is 0.435 e. The topological polar surface area (TPSA) is 136 Å². The number of aromatic nitrogens is 5.